The second-order valence-corrected chi connectivity index (χ2v) is 10.9. The van der Waals surface area contributed by atoms with Gasteiger partial charge >= 0.3 is 5.69 Å². The van der Waals surface area contributed by atoms with Gasteiger partial charge in [-0.05, 0) is 55.0 Å². The smallest absolute Gasteiger partial charge is 0.325 e. The van der Waals surface area contributed by atoms with Crippen LogP contribution in [-0.2, 0) is 23.1 Å². The van der Waals surface area contributed by atoms with Gasteiger partial charge in [-0.25, -0.2) is 4.79 Å². The van der Waals surface area contributed by atoms with Gasteiger partial charge in [-0.2, -0.15) is 0 Å². The molecule has 10 heteroatoms. The lowest BCUT2D eigenvalue weighted by molar-refractivity contribution is -0.149. The van der Waals surface area contributed by atoms with E-state index in [9.17, 15) is 29.4 Å². The Morgan fingerprint density at radius 3 is 2.64 bits per heavy atom. The summed E-state index contributed by atoms with van der Waals surface area (Å²) in [5, 5.41) is 29.5. The minimum atomic E-state index is -1.15. The first-order valence-electron chi connectivity index (χ1n) is 13.2. The highest BCUT2D eigenvalue weighted by molar-refractivity contribution is 5.98. The average molecular weight is 531 g/mol. The van der Waals surface area contributed by atoms with E-state index in [1.165, 1.54) is 6.20 Å². The Balaban J connectivity index is 1.19. The minimum absolute atomic E-state index is 0.0682. The Bertz CT molecular complexity index is 1590. The third kappa shape index (κ3) is 4.02. The molecule has 2 aliphatic carbocycles. The molecule has 2 bridgehead atoms. The van der Waals surface area contributed by atoms with Gasteiger partial charge in [-0.1, -0.05) is 30.3 Å². The molecule has 2 aromatic carbocycles. The standard InChI is InChI=1S/C29H30N4O6/c34-19-7-9-29(39)22-13-18-5-6-20(24(35)23(18)28(29,14-19)10-12-30-22)25(36)31-11-8-16-1-3-17(4-2-16)21-15-32-27(38)33-26(21)37/h1-6,15,22,30,35,39H,7-14H2,(H,31,36)(H2,32,33,37,38)/t22-,28-,29-/m1/s1. The fourth-order valence-electron chi connectivity index (χ4n) is 6.89. The van der Waals surface area contributed by atoms with E-state index in [1.54, 1.807) is 18.2 Å². The van der Waals surface area contributed by atoms with Gasteiger partial charge in [-0.3, -0.25) is 19.4 Å². The molecule has 202 valence electrons. The van der Waals surface area contributed by atoms with Crippen molar-refractivity contribution >= 4 is 11.7 Å². The fourth-order valence-corrected chi connectivity index (χ4v) is 6.89. The molecular weight excluding hydrogens is 500 g/mol. The third-order valence-electron chi connectivity index (χ3n) is 8.83. The number of ketones is 1. The number of aliphatic hydroxyl groups is 1. The third-order valence-corrected chi connectivity index (χ3v) is 8.83. The van der Waals surface area contributed by atoms with E-state index in [0.29, 0.717) is 61.9 Å². The maximum absolute atomic E-state index is 13.1. The molecule has 0 radical (unpaired) electrons. The van der Waals surface area contributed by atoms with E-state index in [4.69, 9.17) is 0 Å². The van der Waals surface area contributed by atoms with Gasteiger partial charge in [0.1, 0.15) is 11.5 Å². The summed E-state index contributed by atoms with van der Waals surface area (Å²) >= 11 is 0. The van der Waals surface area contributed by atoms with Crippen LogP contribution >= 0.6 is 0 Å². The molecule has 6 rings (SSSR count). The number of H-pyrrole nitrogens is 2. The summed E-state index contributed by atoms with van der Waals surface area (Å²) in [6, 6.07) is 10.5. The number of hydrogen-bond acceptors (Lipinski definition) is 7. The maximum atomic E-state index is 13.1. The van der Waals surface area contributed by atoms with E-state index in [-0.39, 0.29) is 29.6 Å². The summed E-state index contributed by atoms with van der Waals surface area (Å²) in [5.74, 6) is -0.502. The van der Waals surface area contributed by atoms with Gasteiger partial charge in [0, 0.05) is 42.6 Å². The first kappa shape index (κ1) is 25.3. The van der Waals surface area contributed by atoms with Crippen molar-refractivity contribution in [1.82, 2.24) is 20.6 Å². The molecule has 3 atom stereocenters. The number of phenolic OH excluding ortho intramolecular Hbond substituents is 1. The minimum Gasteiger partial charge on any atom is -0.507 e. The number of Topliss-reactive ketones (excluding diaryl/α,β-unsaturated/α-hetero) is 1. The molecule has 1 aromatic heterocycles. The molecule has 0 spiro atoms. The first-order chi connectivity index (χ1) is 18.7. The van der Waals surface area contributed by atoms with Crippen molar-refractivity contribution in [1.29, 1.82) is 0 Å². The number of nitrogens with one attached hydrogen (secondary N) is 4. The number of aromatic amines is 2. The normalized spacial score (nSPS) is 25.5. The predicted molar refractivity (Wildman–Crippen MR) is 143 cm³/mol. The van der Waals surface area contributed by atoms with Crippen LogP contribution in [-0.4, -0.2) is 56.6 Å². The lowest BCUT2D eigenvalue weighted by Gasteiger charge is -2.60. The zero-order valence-corrected chi connectivity index (χ0v) is 21.3. The van der Waals surface area contributed by atoms with Crippen molar-refractivity contribution in [2.45, 2.75) is 55.6 Å². The van der Waals surface area contributed by atoms with Crippen molar-refractivity contribution in [2.24, 2.45) is 0 Å². The van der Waals surface area contributed by atoms with E-state index in [2.05, 4.69) is 20.6 Å². The quantitative estimate of drug-likeness (QED) is 0.287. The monoisotopic (exact) mass is 530 g/mol. The largest absolute Gasteiger partial charge is 0.507 e. The Kier molecular flexibility index (Phi) is 6.04. The number of aromatic hydroxyl groups is 1. The van der Waals surface area contributed by atoms with Gasteiger partial charge in [-0.15, -0.1) is 0 Å². The van der Waals surface area contributed by atoms with Crippen molar-refractivity contribution in [3.8, 4) is 16.9 Å². The molecule has 2 fully saturated rings. The lowest BCUT2D eigenvalue weighted by atomic mass is 9.49. The first-order valence-corrected chi connectivity index (χ1v) is 13.2. The van der Waals surface area contributed by atoms with Gasteiger partial charge < -0.3 is 25.8 Å². The lowest BCUT2D eigenvalue weighted by Crippen LogP contribution is -2.72. The molecule has 0 unspecified atom stereocenters. The van der Waals surface area contributed by atoms with Gasteiger partial charge in [0.05, 0.1) is 16.7 Å². The highest BCUT2D eigenvalue weighted by atomic mass is 16.3. The van der Waals surface area contributed by atoms with E-state index in [1.807, 2.05) is 18.2 Å². The summed E-state index contributed by atoms with van der Waals surface area (Å²) in [5.41, 5.74) is 0.393. The van der Waals surface area contributed by atoms with Crippen LogP contribution in [0.1, 0.15) is 52.7 Å². The van der Waals surface area contributed by atoms with Crippen LogP contribution in [0.2, 0.25) is 0 Å². The molecule has 3 aliphatic rings. The SMILES string of the molecule is O=C1CC[C@@]2(O)[C@H]3Cc4ccc(C(=O)NCCc5ccc(-c6c[nH]c(=O)[nH]c6=O)cc5)c(O)c4[C@@]2(CCN3)C1. The van der Waals surface area contributed by atoms with E-state index < -0.39 is 28.2 Å². The number of phenols is 1. The van der Waals surface area contributed by atoms with Crippen molar-refractivity contribution in [3.05, 3.63) is 85.7 Å². The molecule has 1 aliphatic heterocycles. The number of carbonyl (C=O) groups excluding carboxylic acids is 2. The molecule has 39 heavy (non-hydrogen) atoms. The topological polar surface area (TPSA) is 164 Å². The van der Waals surface area contributed by atoms with Crippen molar-refractivity contribution < 1.29 is 19.8 Å². The molecule has 1 amide bonds. The van der Waals surface area contributed by atoms with E-state index >= 15 is 0 Å². The Morgan fingerprint density at radius 1 is 1.08 bits per heavy atom. The predicted octanol–water partition coefficient (Wildman–Crippen LogP) is 1.05. The van der Waals surface area contributed by atoms with E-state index in [0.717, 1.165) is 11.1 Å². The fraction of sp³-hybridized carbons (Fsp3) is 0.379. The number of fused-ring (bicyclic) bond motifs is 1. The van der Waals surface area contributed by atoms with Crippen LogP contribution in [0.15, 0.2) is 52.2 Å². The number of amides is 1. The number of aromatic nitrogens is 2. The molecule has 3 aromatic rings. The Labute approximate surface area is 223 Å². The summed E-state index contributed by atoms with van der Waals surface area (Å²) in [7, 11) is 0. The van der Waals surface area contributed by atoms with Crippen LogP contribution in [0.3, 0.4) is 0 Å². The summed E-state index contributed by atoms with van der Waals surface area (Å²) in [6.45, 7) is 0.943. The molecule has 1 saturated carbocycles. The van der Waals surface area contributed by atoms with Crippen molar-refractivity contribution in [3.63, 3.8) is 0 Å². The summed E-state index contributed by atoms with van der Waals surface area (Å²) in [4.78, 5) is 53.6. The van der Waals surface area contributed by atoms with Gasteiger partial charge in [0.25, 0.3) is 11.5 Å². The molecule has 2 heterocycles. The molecule has 1 saturated heterocycles. The zero-order chi connectivity index (χ0) is 27.4. The highest BCUT2D eigenvalue weighted by Crippen LogP contribution is 2.58. The van der Waals surface area contributed by atoms with Crippen LogP contribution in [0.4, 0.5) is 0 Å². The van der Waals surface area contributed by atoms with Crippen LogP contribution in [0.5, 0.6) is 5.75 Å². The van der Waals surface area contributed by atoms with Gasteiger partial charge in [0.2, 0.25) is 0 Å². The molecule has 6 N–H and O–H groups in total. The number of benzene rings is 2. The van der Waals surface area contributed by atoms with Crippen LogP contribution in [0.25, 0.3) is 11.1 Å². The second-order valence-electron chi connectivity index (χ2n) is 10.9. The molecular formula is C29H30N4O6. The summed E-state index contributed by atoms with van der Waals surface area (Å²) in [6.07, 6.45) is 3.74. The number of hydrogen-bond donors (Lipinski definition) is 6. The Hall–Kier alpha value is -4.02. The molecule has 10 nitrogen and oxygen atoms in total. The second kappa shape index (κ2) is 9.32. The van der Waals surface area contributed by atoms with Gasteiger partial charge in [0.15, 0.2) is 0 Å². The van der Waals surface area contributed by atoms with Crippen LogP contribution < -0.4 is 21.9 Å². The number of piperidine rings is 1. The Morgan fingerprint density at radius 2 is 1.87 bits per heavy atom. The zero-order valence-electron chi connectivity index (χ0n) is 21.3. The maximum Gasteiger partial charge on any atom is 0.325 e. The number of carbonyl (C=O) groups is 2. The highest BCUT2D eigenvalue weighted by Gasteiger charge is 2.63. The number of rotatable bonds is 5. The average Bonchev–Trinajstić information content (AvgIpc) is 2.89. The van der Waals surface area contributed by atoms with Crippen LogP contribution in [0, 0.1) is 0 Å². The summed E-state index contributed by atoms with van der Waals surface area (Å²) < 4.78 is 0. The van der Waals surface area contributed by atoms with Crippen molar-refractivity contribution in [2.75, 3.05) is 13.1 Å².